The lowest BCUT2D eigenvalue weighted by atomic mass is 10.1. The van der Waals surface area contributed by atoms with Crippen LogP contribution < -0.4 is 4.74 Å². The number of para-hydroxylation sites is 1. The molecule has 0 saturated carbocycles. The predicted molar refractivity (Wildman–Crippen MR) is 86.4 cm³/mol. The van der Waals surface area contributed by atoms with E-state index >= 15 is 0 Å². The van der Waals surface area contributed by atoms with Crippen molar-refractivity contribution in [1.29, 1.82) is 0 Å². The van der Waals surface area contributed by atoms with Gasteiger partial charge in [-0.25, -0.2) is 4.98 Å². The molecule has 0 N–H and O–H groups in total. The number of oxime groups is 2. The number of aromatic nitrogens is 2. The van der Waals surface area contributed by atoms with Gasteiger partial charge in [-0.05, 0) is 17.3 Å². The van der Waals surface area contributed by atoms with Crippen molar-refractivity contribution in [3.8, 4) is 11.6 Å². The van der Waals surface area contributed by atoms with Crippen molar-refractivity contribution in [2.45, 2.75) is 0 Å². The van der Waals surface area contributed by atoms with Gasteiger partial charge in [0.2, 0.25) is 5.82 Å². The fraction of sp³-hybridized carbons (Fsp3) is 0.200. The number of rotatable bonds is 5. The first-order chi connectivity index (χ1) is 12.2. The second kappa shape index (κ2) is 7.75. The summed E-state index contributed by atoms with van der Waals surface area (Å²) in [6, 6.07) is 6.71. The lowest BCUT2D eigenvalue weighted by molar-refractivity contribution is 0.0672. The van der Waals surface area contributed by atoms with Gasteiger partial charge in [0.15, 0.2) is 17.5 Å². The van der Waals surface area contributed by atoms with Crippen molar-refractivity contribution in [2.75, 3.05) is 20.3 Å². The van der Waals surface area contributed by atoms with Crippen molar-refractivity contribution < 1.29 is 23.5 Å². The van der Waals surface area contributed by atoms with E-state index in [4.69, 9.17) is 30.7 Å². The molecule has 0 fully saturated rings. The minimum Gasteiger partial charge on any atom is -0.470 e. The molecular weight excluding hydrogens is 355 g/mol. The number of hydrogen-bond donors (Lipinski definition) is 0. The van der Waals surface area contributed by atoms with Gasteiger partial charge >= 0.3 is 0 Å². The number of halogens is 2. The van der Waals surface area contributed by atoms with Gasteiger partial charge in [0.25, 0.3) is 11.8 Å². The molecule has 0 aliphatic carbocycles. The Morgan fingerprint density at radius 3 is 2.88 bits per heavy atom. The summed E-state index contributed by atoms with van der Waals surface area (Å²) in [5, 5.41) is 7.37. The van der Waals surface area contributed by atoms with E-state index in [9.17, 15) is 4.39 Å². The summed E-state index contributed by atoms with van der Waals surface area (Å²) in [4.78, 5) is 17.2. The number of nitrogens with zero attached hydrogens (tertiary/aromatic N) is 4. The average molecular weight is 367 g/mol. The van der Waals surface area contributed by atoms with Gasteiger partial charge in [-0.2, -0.15) is 9.37 Å². The van der Waals surface area contributed by atoms with Crippen LogP contribution in [0.4, 0.5) is 4.39 Å². The summed E-state index contributed by atoms with van der Waals surface area (Å²) in [6.45, 7) is 0.632. The van der Waals surface area contributed by atoms with E-state index in [0.29, 0.717) is 18.8 Å². The maximum Gasteiger partial charge on any atom is 0.280 e. The molecule has 1 aromatic heterocycles. The van der Waals surface area contributed by atoms with Gasteiger partial charge in [-0.1, -0.05) is 28.9 Å². The third kappa shape index (κ3) is 3.77. The van der Waals surface area contributed by atoms with Gasteiger partial charge in [0, 0.05) is 0 Å². The fourth-order valence-electron chi connectivity index (χ4n) is 1.97. The highest BCUT2D eigenvalue weighted by molar-refractivity contribution is 6.45. The minimum absolute atomic E-state index is 0.116. The molecule has 0 saturated heterocycles. The van der Waals surface area contributed by atoms with E-state index in [1.54, 1.807) is 24.3 Å². The number of ether oxygens (including phenoxy) is 2. The summed E-state index contributed by atoms with van der Waals surface area (Å²) in [7, 11) is 1.37. The van der Waals surface area contributed by atoms with E-state index in [-0.39, 0.29) is 28.4 Å². The van der Waals surface area contributed by atoms with E-state index in [2.05, 4.69) is 20.3 Å². The molecule has 130 valence electrons. The van der Waals surface area contributed by atoms with Gasteiger partial charge in [0.1, 0.15) is 25.8 Å². The normalized spacial score (nSPS) is 14.2. The molecule has 0 spiro atoms. The summed E-state index contributed by atoms with van der Waals surface area (Å²) >= 11 is 5.65. The topological polar surface area (TPSA) is 87.4 Å². The van der Waals surface area contributed by atoms with Crippen LogP contribution in [0.3, 0.4) is 0 Å². The third-order valence-electron chi connectivity index (χ3n) is 3.01. The van der Waals surface area contributed by atoms with Crippen LogP contribution in [0.15, 0.2) is 40.9 Å². The van der Waals surface area contributed by atoms with Crippen LogP contribution in [-0.2, 0) is 14.4 Å². The first-order valence-electron chi connectivity index (χ1n) is 7.08. The number of benzene rings is 1. The standard InChI is InChI=1S/C15H12ClFN4O4/c1-22-20-12(15-21-24-7-6-23-15)9-4-2-3-5-10(9)25-14-11(17)13(16)18-8-19-14/h2-5,8H,6-7H2,1H3/b20-12+. The summed E-state index contributed by atoms with van der Waals surface area (Å²) in [6.07, 6.45) is 1.09. The zero-order chi connectivity index (χ0) is 17.6. The molecule has 0 amide bonds. The Balaban J connectivity index is 2.01. The second-order valence-corrected chi connectivity index (χ2v) is 4.94. The molecule has 1 aromatic carbocycles. The van der Waals surface area contributed by atoms with Crippen molar-refractivity contribution in [2.24, 2.45) is 10.3 Å². The molecule has 2 heterocycles. The lowest BCUT2D eigenvalue weighted by Crippen LogP contribution is -2.25. The Bertz CT molecular complexity index is 831. The summed E-state index contributed by atoms with van der Waals surface area (Å²) in [5.41, 5.74) is 0.654. The van der Waals surface area contributed by atoms with E-state index in [0.717, 1.165) is 6.33 Å². The molecule has 2 aromatic rings. The Hall–Kier alpha value is -2.94. The van der Waals surface area contributed by atoms with Crippen LogP contribution in [0.5, 0.6) is 11.6 Å². The third-order valence-corrected chi connectivity index (χ3v) is 3.27. The van der Waals surface area contributed by atoms with Gasteiger partial charge in [-0.15, -0.1) is 0 Å². The summed E-state index contributed by atoms with van der Waals surface area (Å²) in [5.74, 6) is -0.847. The Morgan fingerprint density at radius 2 is 2.12 bits per heavy atom. The van der Waals surface area contributed by atoms with Crippen LogP contribution in [0.2, 0.25) is 5.15 Å². The molecule has 10 heteroatoms. The average Bonchev–Trinajstić information content (AvgIpc) is 2.65. The predicted octanol–water partition coefficient (Wildman–Crippen LogP) is 2.77. The van der Waals surface area contributed by atoms with Crippen LogP contribution in [0.1, 0.15) is 5.56 Å². The van der Waals surface area contributed by atoms with Gasteiger partial charge in [0.05, 0.1) is 5.56 Å². The van der Waals surface area contributed by atoms with Crippen molar-refractivity contribution in [1.82, 2.24) is 9.97 Å². The first kappa shape index (κ1) is 16.9. The van der Waals surface area contributed by atoms with Crippen LogP contribution in [-0.4, -0.2) is 41.9 Å². The lowest BCUT2D eigenvalue weighted by Gasteiger charge is -2.16. The summed E-state index contributed by atoms with van der Waals surface area (Å²) < 4.78 is 25.0. The van der Waals surface area contributed by atoms with E-state index < -0.39 is 5.82 Å². The van der Waals surface area contributed by atoms with Crippen LogP contribution in [0, 0.1) is 5.82 Å². The van der Waals surface area contributed by atoms with Crippen molar-refractivity contribution in [3.63, 3.8) is 0 Å². The molecule has 1 aliphatic heterocycles. The maximum atomic E-state index is 14.0. The van der Waals surface area contributed by atoms with Gasteiger partial charge < -0.3 is 19.1 Å². The Morgan fingerprint density at radius 1 is 1.28 bits per heavy atom. The Labute approximate surface area is 146 Å². The minimum atomic E-state index is -0.876. The molecule has 1 aliphatic rings. The Kier molecular flexibility index (Phi) is 5.24. The quantitative estimate of drug-likeness (QED) is 0.459. The molecule has 8 nitrogen and oxygen atoms in total. The van der Waals surface area contributed by atoms with Gasteiger partial charge in [-0.3, -0.25) is 0 Å². The fourth-order valence-corrected chi connectivity index (χ4v) is 2.10. The smallest absolute Gasteiger partial charge is 0.280 e. The molecule has 25 heavy (non-hydrogen) atoms. The zero-order valence-electron chi connectivity index (χ0n) is 13.0. The SMILES string of the molecule is CO/N=C(/C1=NOCCO1)c1ccccc1Oc1ncnc(Cl)c1F. The zero-order valence-corrected chi connectivity index (χ0v) is 13.7. The van der Waals surface area contributed by atoms with Crippen molar-refractivity contribution >= 4 is 23.2 Å². The van der Waals surface area contributed by atoms with E-state index in [1.165, 1.54) is 7.11 Å². The highest BCUT2D eigenvalue weighted by Crippen LogP contribution is 2.28. The maximum absolute atomic E-state index is 14.0. The molecule has 3 rings (SSSR count). The van der Waals surface area contributed by atoms with E-state index in [1.807, 2.05) is 0 Å². The number of hydrogen-bond acceptors (Lipinski definition) is 8. The second-order valence-electron chi connectivity index (χ2n) is 4.58. The molecule has 0 bridgehead atoms. The monoisotopic (exact) mass is 366 g/mol. The highest BCUT2D eigenvalue weighted by Gasteiger charge is 2.23. The molecule has 0 unspecified atom stereocenters. The molecule has 0 atom stereocenters. The highest BCUT2D eigenvalue weighted by atomic mass is 35.5. The van der Waals surface area contributed by atoms with Crippen LogP contribution >= 0.6 is 11.6 Å². The first-order valence-corrected chi connectivity index (χ1v) is 7.46. The molecular formula is C15H12ClFN4O4. The van der Waals surface area contributed by atoms with Crippen molar-refractivity contribution in [3.05, 3.63) is 47.1 Å². The largest absolute Gasteiger partial charge is 0.470 e. The van der Waals surface area contributed by atoms with Crippen LogP contribution in [0.25, 0.3) is 0 Å². The molecule has 0 radical (unpaired) electrons.